The SMILES string of the molecule is CCOCOc1c(Cl)cccc1/C=C/C(=O)O. The second-order valence-electron chi connectivity index (χ2n) is 3.08. The molecule has 0 aromatic heterocycles. The van der Waals surface area contributed by atoms with E-state index in [0.29, 0.717) is 22.9 Å². The van der Waals surface area contributed by atoms with E-state index >= 15 is 0 Å². The Balaban J connectivity index is 2.87. The molecule has 0 spiro atoms. The zero-order valence-electron chi connectivity index (χ0n) is 9.35. The van der Waals surface area contributed by atoms with E-state index in [1.54, 1.807) is 18.2 Å². The summed E-state index contributed by atoms with van der Waals surface area (Å²) in [6.45, 7) is 2.46. The van der Waals surface area contributed by atoms with Crippen LogP contribution in [0.5, 0.6) is 5.75 Å². The van der Waals surface area contributed by atoms with Crippen molar-refractivity contribution in [2.45, 2.75) is 6.92 Å². The smallest absolute Gasteiger partial charge is 0.328 e. The van der Waals surface area contributed by atoms with Crippen molar-refractivity contribution in [2.24, 2.45) is 0 Å². The average molecular weight is 257 g/mol. The zero-order valence-corrected chi connectivity index (χ0v) is 10.1. The second kappa shape index (κ2) is 6.93. The van der Waals surface area contributed by atoms with Crippen molar-refractivity contribution in [1.82, 2.24) is 0 Å². The number of halogens is 1. The summed E-state index contributed by atoms with van der Waals surface area (Å²) in [5, 5.41) is 8.98. The average Bonchev–Trinajstić information content (AvgIpc) is 2.29. The van der Waals surface area contributed by atoms with E-state index in [4.69, 9.17) is 26.2 Å². The summed E-state index contributed by atoms with van der Waals surface area (Å²) in [6, 6.07) is 5.10. The van der Waals surface area contributed by atoms with Gasteiger partial charge in [-0.15, -0.1) is 0 Å². The van der Waals surface area contributed by atoms with Crippen molar-refractivity contribution in [3.63, 3.8) is 0 Å². The summed E-state index contributed by atoms with van der Waals surface area (Å²) >= 11 is 5.96. The molecule has 0 aliphatic rings. The van der Waals surface area contributed by atoms with Gasteiger partial charge >= 0.3 is 5.97 Å². The minimum Gasteiger partial charge on any atom is -0.478 e. The fourth-order valence-electron chi connectivity index (χ4n) is 1.15. The van der Waals surface area contributed by atoms with E-state index in [9.17, 15) is 4.79 Å². The molecule has 0 bridgehead atoms. The quantitative estimate of drug-likeness (QED) is 0.483. The summed E-state index contributed by atoms with van der Waals surface area (Å²) in [6.07, 6.45) is 2.45. The first-order valence-corrected chi connectivity index (χ1v) is 5.43. The predicted molar refractivity (Wildman–Crippen MR) is 65.2 cm³/mol. The minimum atomic E-state index is -1.03. The molecule has 0 amide bonds. The molecular formula is C12H13ClO4. The normalized spacial score (nSPS) is 10.7. The molecule has 0 saturated carbocycles. The third-order valence-electron chi connectivity index (χ3n) is 1.89. The molecule has 0 fully saturated rings. The van der Waals surface area contributed by atoms with Gasteiger partial charge in [-0.2, -0.15) is 0 Å². The van der Waals surface area contributed by atoms with Gasteiger partial charge in [0.25, 0.3) is 0 Å². The molecule has 0 heterocycles. The van der Waals surface area contributed by atoms with Gasteiger partial charge in [0.2, 0.25) is 0 Å². The molecule has 0 aliphatic carbocycles. The Morgan fingerprint density at radius 2 is 2.29 bits per heavy atom. The van der Waals surface area contributed by atoms with Gasteiger partial charge in [0.05, 0.1) is 5.02 Å². The standard InChI is InChI=1S/C12H13ClO4/c1-2-16-8-17-12-9(6-7-11(14)15)4-3-5-10(12)13/h3-7H,2,8H2,1H3,(H,14,15)/b7-6+. The van der Waals surface area contributed by atoms with Crippen molar-refractivity contribution in [3.05, 3.63) is 34.9 Å². The molecule has 1 rings (SSSR count). The lowest BCUT2D eigenvalue weighted by Gasteiger charge is -2.10. The van der Waals surface area contributed by atoms with Crippen LogP contribution < -0.4 is 4.74 Å². The molecule has 1 N–H and O–H groups in total. The summed E-state index contributed by atoms with van der Waals surface area (Å²) < 4.78 is 10.4. The van der Waals surface area contributed by atoms with Gasteiger partial charge in [-0.1, -0.05) is 23.7 Å². The topological polar surface area (TPSA) is 55.8 Å². The third kappa shape index (κ3) is 4.46. The molecule has 0 aliphatic heterocycles. The van der Waals surface area contributed by atoms with E-state index in [2.05, 4.69) is 0 Å². The number of benzene rings is 1. The van der Waals surface area contributed by atoms with E-state index in [0.717, 1.165) is 6.08 Å². The van der Waals surface area contributed by atoms with Crippen LogP contribution in [0.25, 0.3) is 6.08 Å². The van der Waals surface area contributed by atoms with Crippen LogP contribution in [0.3, 0.4) is 0 Å². The number of para-hydroxylation sites is 1. The van der Waals surface area contributed by atoms with Crippen LogP contribution in [-0.4, -0.2) is 24.5 Å². The monoisotopic (exact) mass is 256 g/mol. The predicted octanol–water partition coefficient (Wildman–Crippen LogP) is 2.81. The number of carbonyl (C=O) groups is 1. The fourth-order valence-corrected chi connectivity index (χ4v) is 1.39. The Labute approximate surface area is 104 Å². The number of hydrogen-bond donors (Lipinski definition) is 1. The Bertz CT molecular complexity index is 415. The molecule has 5 heteroatoms. The van der Waals surface area contributed by atoms with Crippen LogP contribution in [0.15, 0.2) is 24.3 Å². The second-order valence-corrected chi connectivity index (χ2v) is 3.49. The highest BCUT2D eigenvalue weighted by molar-refractivity contribution is 6.32. The molecule has 17 heavy (non-hydrogen) atoms. The van der Waals surface area contributed by atoms with Crippen LogP contribution in [-0.2, 0) is 9.53 Å². The van der Waals surface area contributed by atoms with Crippen molar-refractivity contribution >= 4 is 23.6 Å². The van der Waals surface area contributed by atoms with E-state index in [1.165, 1.54) is 6.08 Å². The maximum absolute atomic E-state index is 10.4. The highest BCUT2D eigenvalue weighted by Crippen LogP contribution is 2.29. The minimum absolute atomic E-state index is 0.0775. The molecule has 0 atom stereocenters. The first-order valence-electron chi connectivity index (χ1n) is 5.05. The van der Waals surface area contributed by atoms with Crippen molar-refractivity contribution in [1.29, 1.82) is 0 Å². The Kier molecular flexibility index (Phi) is 5.52. The van der Waals surface area contributed by atoms with Gasteiger partial charge in [-0.3, -0.25) is 0 Å². The van der Waals surface area contributed by atoms with Crippen molar-refractivity contribution < 1.29 is 19.4 Å². The molecule has 1 aromatic rings. The van der Waals surface area contributed by atoms with Crippen LogP contribution in [0, 0.1) is 0 Å². The van der Waals surface area contributed by atoms with Crippen LogP contribution in [0.2, 0.25) is 5.02 Å². The number of hydrogen-bond acceptors (Lipinski definition) is 3. The summed E-state index contributed by atoms with van der Waals surface area (Å²) in [5.74, 6) is -0.610. The van der Waals surface area contributed by atoms with Crippen molar-refractivity contribution in [3.8, 4) is 5.75 Å². The first-order chi connectivity index (χ1) is 8.15. The van der Waals surface area contributed by atoms with Crippen molar-refractivity contribution in [2.75, 3.05) is 13.4 Å². The zero-order chi connectivity index (χ0) is 12.7. The lowest BCUT2D eigenvalue weighted by atomic mass is 10.2. The Hall–Kier alpha value is -1.52. The fraction of sp³-hybridized carbons (Fsp3) is 0.250. The number of ether oxygens (including phenoxy) is 2. The number of rotatable bonds is 6. The Morgan fingerprint density at radius 3 is 2.94 bits per heavy atom. The van der Waals surface area contributed by atoms with Gasteiger partial charge in [-0.25, -0.2) is 4.79 Å². The maximum Gasteiger partial charge on any atom is 0.328 e. The molecular weight excluding hydrogens is 244 g/mol. The molecule has 1 aromatic carbocycles. The van der Waals surface area contributed by atoms with Gasteiger partial charge in [-0.05, 0) is 19.1 Å². The lowest BCUT2D eigenvalue weighted by Crippen LogP contribution is -2.03. The maximum atomic E-state index is 10.4. The lowest BCUT2D eigenvalue weighted by molar-refractivity contribution is -0.131. The number of carboxylic acids is 1. The van der Waals surface area contributed by atoms with E-state index in [-0.39, 0.29) is 6.79 Å². The summed E-state index contributed by atoms with van der Waals surface area (Å²) in [4.78, 5) is 10.4. The number of aliphatic carboxylic acids is 1. The Morgan fingerprint density at radius 1 is 1.53 bits per heavy atom. The molecule has 4 nitrogen and oxygen atoms in total. The molecule has 92 valence electrons. The largest absolute Gasteiger partial charge is 0.478 e. The van der Waals surface area contributed by atoms with Crippen LogP contribution >= 0.6 is 11.6 Å². The highest BCUT2D eigenvalue weighted by Gasteiger charge is 2.06. The number of carboxylic acid groups (broad SMARTS) is 1. The van der Waals surface area contributed by atoms with Gasteiger partial charge in [0.15, 0.2) is 6.79 Å². The third-order valence-corrected chi connectivity index (χ3v) is 2.19. The first kappa shape index (κ1) is 13.5. The van der Waals surface area contributed by atoms with Gasteiger partial charge < -0.3 is 14.6 Å². The molecule has 0 radical (unpaired) electrons. The van der Waals surface area contributed by atoms with Gasteiger partial charge in [0, 0.05) is 18.2 Å². The van der Waals surface area contributed by atoms with E-state index in [1.807, 2.05) is 6.92 Å². The van der Waals surface area contributed by atoms with Crippen LogP contribution in [0.1, 0.15) is 12.5 Å². The molecule has 0 unspecified atom stereocenters. The van der Waals surface area contributed by atoms with E-state index < -0.39 is 5.97 Å². The van der Waals surface area contributed by atoms with Gasteiger partial charge in [0.1, 0.15) is 5.75 Å². The molecule has 0 saturated heterocycles. The summed E-state index contributed by atoms with van der Waals surface area (Å²) in [7, 11) is 0. The van der Waals surface area contributed by atoms with Crippen LogP contribution in [0.4, 0.5) is 0 Å². The summed E-state index contributed by atoms with van der Waals surface area (Å²) in [5.41, 5.74) is 0.597. The highest BCUT2D eigenvalue weighted by atomic mass is 35.5.